The Morgan fingerprint density at radius 3 is 1.73 bits per heavy atom. The quantitative estimate of drug-likeness (QED) is 0.0291. The number of carbonyl (C=O) groups excluding carboxylic acids is 3. The van der Waals surface area contributed by atoms with Gasteiger partial charge in [0.05, 0.1) is 40.3 Å². The average molecular weight is 628 g/mol. The number of nitrogens with zero attached hydrogens (tertiary/aromatic N) is 1. The first kappa shape index (κ1) is 42.0. The number of quaternary nitrogens is 1. The molecule has 44 heavy (non-hydrogen) atoms. The molecule has 0 N–H and O–H groups in total. The largest absolute Gasteiger partial charge is 0.545 e. The van der Waals surface area contributed by atoms with Crippen molar-refractivity contribution in [2.24, 2.45) is 0 Å². The topological polar surface area (TPSA) is 111 Å². The van der Waals surface area contributed by atoms with Crippen LogP contribution in [0.4, 0.5) is 0 Å². The highest BCUT2D eigenvalue weighted by Gasteiger charge is 2.21. The molecule has 0 saturated carbocycles. The van der Waals surface area contributed by atoms with Gasteiger partial charge < -0.3 is 33.3 Å². The Balaban J connectivity index is 4.60. The summed E-state index contributed by atoms with van der Waals surface area (Å²) in [6.07, 6.45) is 21.2. The van der Waals surface area contributed by atoms with Crippen LogP contribution in [-0.4, -0.2) is 82.3 Å². The summed E-state index contributed by atoms with van der Waals surface area (Å²) in [5.41, 5.74) is 0. The predicted octanol–water partition coefficient (Wildman–Crippen LogP) is 6.26. The number of hydrogen-bond acceptors (Lipinski definition) is 8. The maximum atomic E-state index is 12.6. The fourth-order valence-corrected chi connectivity index (χ4v) is 4.47. The van der Waals surface area contributed by atoms with E-state index in [1.807, 2.05) is 21.1 Å². The molecule has 0 heterocycles. The minimum absolute atomic E-state index is 0.148. The van der Waals surface area contributed by atoms with Crippen LogP contribution in [0.2, 0.25) is 0 Å². The molecule has 0 aromatic rings. The lowest BCUT2D eigenvalue weighted by Crippen LogP contribution is -2.44. The highest BCUT2D eigenvalue weighted by atomic mass is 16.7. The SMILES string of the molecule is CCCCC/C=C\CCCCCCCC(=O)OC(COC(=O)CCCCCCCCC)COC(OCC[N+](C)(C)C)C(=O)[O-]. The fourth-order valence-electron chi connectivity index (χ4n) is 4.47. The Bertz CT molecular complexity index is 750. The molecule has 0 rings (SSSR count). The summed E-state index contributed by atoms with van der Waals surface area (Å²) in [7, 11) is 5.88. The zero-order valence-corrected chi connectivity index (χ0v) is 28.8. The van der Waals surface area contributed by atoms with Crippen LogP contribution in [0.3, 0.4) is 0 Å². The number of hydrogen-bond donors (Lipinski definition) is 0. The zero-order chi connectivity index (χ0) is 32.9. The van der Waals surface area contributed by atoms with Crippen LogP contribution in [0.25, 0.3) is 0 Å². The number of esters is 2. The second kappa shape index (κ2) is 28.5. The van der Waals surface area contributed by atoms with E-state index in [-0.39, 0.29) is 32.2 Å². The molecule has 0 spiro atoms. The highest BCUT2D eigenvalue weighted by Crippen LogP contribution is 2.12. The van der Waals surface area contributed by atoms with Crippen LogP contribution in [0, 0.1) is 0 Å². The first-order chi connectivity index (χ1) is 21.1. The van der Waals surface area contributed by atoms with Crippen LogP contribution in [0.1, 0.15) is 136 Å². The van der Waals surface area contributed by atoms with Crippen molar-refractivity contribution in [2.75, 3.05) is 47.5 Å². The van der Waals surface area contributed by atoms with Crippen LogP contribution < -0.4 is 5.11 Å². The van der Waals surface area contributed by atoms with Crippen molar-refractivity contribution in [1.29, 1.82) is 0 Å². The number of allylic oxidation sites excluding steroid dienone is 2. The Morgan fingerprint density at radius 2 is 1.16 bits per heavy atom. The molecule has 0 fully saturated rings. The maximum absolute atomic E-state index is 12.6. The van der Waals surface area contributed by atoms with E-state index < -0.39 is 24.3 Å². The van der Waals surface area contributed by atoms with Gasteiger partial charge in [0.25, 0.3) is 0 Å². The number of aliphatic carboxylic acids is 1. The van der Waals surface area contributed by atoms with Gasteiger partial charge >= 0.3 is 11.9 Å². The van der Waals surface area contributed by atoms with Crippen LogP contribution >= 0.6 is 0 Å². The highest BCUT2D eigenvalue weighted by molar-refractivity contribution is 5.70. The predicted molar refractivity (Wildman–Crippen MR) is 173 cm³/mol. The molecule has 0 saturated heterocycles. The minimum atomic E-state index is -1.61. The third-order valence-electron chi connectivity index (χ3n) is 7.26. The Kier molecular flexibility index (Phi) is 27.2. The standard InChI is InChI=1S/C35H65NO8/c1-6-8-10-12-14-15-16-17-18-20-22-24-26-33(38)44-31(29-42-32(37)25-23-21-19-13-11-9-7-2)30-43-35(34(39)40)41-28-27-36(3,4)5/h14-15,31,35H,6-13,16-30H2,1-5H3/b15-14-. The van der Waals surface area contributed by atoms with Crippen LogP contribution in [0.5, 0.6) is 0 Å². The number of likely N-dealkylation sites (N-methyl/N-ethyl adjacent to an activating group) is 1. The summed E-state index contributed by atoms with van der Waals surface area (Å²) >= 11 is 0. The van der Waals surface area contributed by atoms with E-state index in [2.05, 4.69) is 26.0 Å². The molecule has 0 aromatic carbocycles. The lowest BCUT2D eigenvalue weighted by Gasteiger charge is -2.26. The summed E-state index contributed by atoms with van der Waals surface area (Å²) in [5, 5.41) is 11.6. The van der Waals surface area contributed by atoms with Crippen molar-refractivity contribution in [2.45, 2.75) is 148 Å². The fraction of sp³-hybridized carbons (Fsp3) is 0.857. The van der Waals surface area contributed by atoms with E-state index in [1.54, 1.807) is 0 Å². The van der Waals surface area contributed by atoms with Gasteiger partial charge in [-0.15, -0.1) is 0 Å². The van der Waals surface area contributed by atoms with Gasteiger partial charge in [0.1, 0.15) is 13.2 Å². The third-order valence-corrected chi connectivity index (χ3v) is 7.26. The summed E-state index contributed by atoms with van der Waals surface area (Å²) in [6, 6.07) is 0. The molecule has 0 aliphatic rings. The molecule has 2 unspecified atom stereocenters. The summed E-state index contributed by atoms with van der Waals surface area (Å²) in [6.45, 7) is 4.62. The molecule has 258 valence electrons. The van der Waals surface area contributed by atoms with Crippen molar-refractivity contribution in [3.05, 3.63) is 12.2 Å². The van der Waals surface area contributed by atoms with E-state index in [0.717, 1.165) is 57.8 Å². The van der Waals surface area contributed by atoms with E-state index >= 15 is 0 Å². The van der Waals surface area contributed by atoms with Crippen LogP contribution in [-0.2, 0) is 33.3 Å². The Labute approximate surface area is 268 Å². The molecular formula is C35H65NO8. The number of unbranched alkanes of at least 4 members (excludes halogenated alkanes) is 14. The van der Waals surface area contributed by atoms with Crippen molar-refractivity contribution in [3.63, 3.8) is 0 Å². The molecule has 2 atom stereocenters. The molecule has 9 nitrogen and oxygen atoms in total. The van der Waals surface area contributed by atoms with Crippen molar-refractivity contribution >= 4 is 17.9 Å². The van der Waals surface area contributed by atoms with E-state index in [9.17, 15) is 19.5 Å². The molecular weight excluding hydrogens is 562 g/mol. The second-order valence-electron chi connectivity index (χ2n) is 12.8. The van der Waals surface area contributed by atoms with E-state index in [1.165, 1.54) is 44.9 Å². The number of rotatable bonds is 31. The van der Waals surface area contributed by atoms with Crippen molar-refractivity contribution in [1.82, 2.24) is 0 Å². The molecule has 0 aliphatic heterocycles. The Morgan fingerprint density at radius 1 is 0.659 bits per heavy atom. The first-order valence-corrected chi connectivity index (χ1v) is 17.3. The molecule has 0 aliphatic carbocycles. The average Bonchev–Trinajstić information content (AvgIpc) is 2.96. The normalized spacial score (nSPS) is 13.2. The first-order valence-electron chi connectivity index (χ1n) is 17.3. The molecule has 0 bridgehead atoms. The summed E-state index contributed by atoms with van der Waals surface area (Å²) < 4.78 is 22.3. The number of carbonyl (C=O) groups is 3. The minimum Gasteiger partial charge on any atom is -0.545 e. The van der Waals surface area contributed by atoms with Crippen LogP contribution in [0.15, 0.2) is 12.2 Å². The number of carboxylic acid groups (broad SMARTS) is 1. The van der Waals surface area contributed by atoms with Gasteiger partial charge in [-0.25, -0.2) is 0 Å². The molecule has 0 aromatic heterocycles. The second-order valence-corrected chi connectivity index (χ2v) is 12.8. The lowest BCUT2D eigenvalue weighted by atomic mass is 10.1. The van der Waals surface area contributed by atoms with Crippen molar-refractivity contribution < 1.29 is 42.9 Å². The number of ether oxygens (including phenoxy) is 4. The van der Waals surface area contributed by atoms with Gasteiger partial charge in [0.2, 0.25) is 0 Å². The third kappa shape index (κ3) is 28.8. The summed E-state index contributed by atoms with van der Waals surface area (Å²) in [5.74, 6) is -2.31. The monoisotopic (exact) mass is 627 g/mol. The van der Waals surface area contributed by atoms with Gasteiger partial charge in [0, 0.05) is 12.8 Å². The van der Waals surface area contributed by atoms with E-state index in [0.29, 0.717) is 23.9 Å². The number of carboxylic acids is 1. The maximum Gasteiger partial charge on any atom is 0.306 e. The lowest BCUT2D eigenvalue weighted by molar-refractivity contribution is -0.870. The smallest absolute Gasteiger partial charge is 0.306 e. The molecule has 0 radical (unpaired) electrons. The zero-order valence-electron chi connectivity index (χ0n) is 28.8. The summed E-state index contributed by atoms with van der Waals surface area (Å²) in [4.78, 5) is 36.4. The Hall–Kier alpha value is -1.97. The van der Waals surface area contributed by atoms with Gasteiger partial charge in [-0.3, -0.25) is 9.59 Å². The molecule has 0 amide bonds. The van der Waals surface area contributed by atoms with Gasteiger partial charge in [-0.1, -0.05) is 96.6 Å². The van der Waals surface area contributed by atoms with Gasteiger partial charge in [-0.05, 0) is 38.5 Å². The van der Waals surface area contributed by atoms with Gasteiger partial charge in [-0.2, -0.15) is 0 Å². The molecule has 9 heteroatoms. The van der Waals surface area contributed by atoms with E-state index in [4.69, 9.17) is 18.9 Å². The van der Waals surface area contributed by atoms with Gasteiger partial charge in [0.15, 0.2) is 12.4 Å². The van der Waals surface area contributed by atoms with Crippen molar-refractivity contribution in [3.8, 4) is 0 Å².